The van der Waals surface area contributed by atoms with Crippen molar-refractivity contribution >= 4 is 29.1 Å². The number of amidine groups is 1. The molecule has 0 amide bonds. The van der Waals surface area contributed by atoms with Crippen molar-refractivity contribution in [3.63, 3.8) is 0 Å². The summed E-state index contributed by atoms with van der Waals surface area (Å²) in [7, 11) is 0. The molecule has 3 heterocycles. The molecule has 27 heavy (non-hydrogen) atoms. The molecule has 2 aliphatic heterocycles. The Labute approximate surface area is 160 Å². The van der Waals surface area contributed by atoms with Gasteiger partial charge in [0.15, 0.2) is 5.82 Å². The first-order chi connectivity index (χ1) is 13.3. The highest BCUT2D eigenvalue weighted by molar-refractivity contribution is 6.31. The van der Waals surface area contributed by atoms with Crippen LogP contribution in [0, 0.1) is 0 Å². The van der Waals surface area contributed by atoms with E-state index in [1.165, 1.54) is 0 Å². The molecular weight excluding hydrogens is 362 g/mol. The first kappa shape index (κ1) is 16.0. The summed E-state index contributed by atoms with van der Waals surface area (Å²) in [6.07, 6.45) is 1.57. The van der Waals surface area contributed by atoms with Gasteiger partial charge in [0.1, 0.15) is 12.2 Å². The maximum absolute atomic E-state index is 6.29. The van der Waals surface area contributed by atoms with E-state index in [0.717, 1.165) is 52.3 Å². The van der Waals surface area contributed by atoms with Crippen LogP contribution in [0.5, 0.6) is 0 Å². The Hall–Kier alpha value is -3.19. The van der Waals surface area contributed by atoms with Crippen molar-refractivity contribution in [2.75, 3.05) is 13.1 Å². The third-order valence-corrected chi connectivity index (χ3v) is 5.03. The quantitative estimate of drug-likeness (QED) is 0.735. The number of hydrogen-bond acceptors (Lipinski definition) is 6. The number of halogens is 1. The monoisotopic (exact) mass is 377 g/mol. The molecule has 0 fully saturated rings. The summed E-state index contributed by atoms with van der Waals surface area (Å²) in [5.74, 6) is 2.39. The van der Waals surface area contributed by atoms with Gasteiger partial charge in [-0.1, -0.05) is 35.9 Å². The number of para-hydroxylation sites is 1. The number of benzene rings is 2. The summed E-state index contributed by atoms with van der Waals surface area (Å²) in [5, 5.41) is 12.2. The van der Waals surface area contributed by atoms with E-state index in [4.69, 9.17) is 21.6 Å². The van der Waals surface area contributed by atoms with Crippen LogP contribution in [0.2, 0.25) is 5.02 Å². The van der Waals surface area contributed by atoms with Gasteiger partial charge in [-0.2, -0.15) is 0 Å². The van der Waals surface area contributed by atoms with Crippen LogP contribution in [0.15, 0.2) is 58.8 Å². The standard InChI is InChI=1S/C19H16ClN7/c20-15-7-2-1-4-12(15)10-22-19-25-16-13(17-23-11-24-26-17)5-3-6-14(16)18-21-8-9-27(18)19/h1-7,11H,8-10H2,(H,22,25)(H,23,24,26). The SMILES string of the molecule is Clc1ccccc1CNC1=Nc2c(cccc2-c2nnc[nH]2)C2=NCCN12. The van der Waals surface area contributed by atoms with Gasteiger partial charge in [0.05, 0.1) is 12.2 Å². The van der Waals surface area contributed by atoms with E-state index in [1.54, 1.807) is 6.33 Å². The second-order valence-corrected chi connectivity index (χ2v) is 6.68. The van der Waals surface area contributed by atoms with E-state index in [1.807, 2.05) is 42.5 Å². The van der Waals surface area contributed by atoms with Gasteiger partial charge in [0.2, 0.25) is 5.96 Å². The lowest BCUT2D eigenvalue weighted by Crippen LogP contribution is -2.45. The molecule has 2 aromatic carbocycles. The molecule has 0 radical (unpaired) electrons. The van der Waals surface area contributed by atoms with Crippen molar-refractivity contribution in [2.45, 2.75) is 6.54 Å². The average molecular weight is 378 g/mol. The van der Waals surface area contributed by atoms with E-state index in [9.17, 15) is 0 Å². The number of nitrogens with zero attached hydrogens (tertiary/aromatic N) is 5. The van der Waals surface area contributed by atoms with Crippen molar-refractivity contribution in [1.82, 2.24) is 25.4 Å². The van der Waals surface area contributed by atoms with Crippen LogP contribution >= 0.6 is 11.6 Å². The van der Waals surface area contributed by atoms with E-state index < -0.39 is 0 Å². The summed E-state index contributed by atoms with van der Waals surface area (Å²) >= 11 is 6.29. The van der Waals surface area contributed by atoms with Crippen LogP contribution in [0.1, 0.15) is 11.1 Å². The van der Waals surface area contributed by atoms with Gasteiger partial charge < -0.3 is 10.3 Å². The molecule has 0 unspecified atom stereocenters. The Bertz CT molecular complexity index is 1060. The number of guanidine groups is 1. The highest BCUT2D eigenvalue weighted by atomic mass is 35.5. The maximum atomic E-state index is 6.29. The lowest BCUT2D eigenvalue weighted by molar-refractivity contribution is 0.621. The third-order valence-electron chi connectivity index (χ3n) is 4.66. The molecule has 0 aliphatic carbocycles. The van der Waals surface area contributed by atoms with Crippen LogP contribution in [0.4, 0.5) is 5.69 Å². The van der Waals surface area contributed by atoms with Crippen LogP contribution in [0.25, 0.3) is 11.4 Å². The fourth-order valence-corrected chi connectivity index (χ4v) is 3.58. The third kappa shape index (κ3) is 2.76. The van der Waals surface area contributed by atoms with Crippen LogP contribution in [-0.2, 0) is 6.54 Å². The van der Waals surface area contributed by atoms with Gasteiger partial charge in [-0.15, -0.1) is 10.2 Å². The summed E-state index contributed by atoms with van der Waals surface area (Å²) in [6, 6.07) is 13.8. The smallest absolute Gasteiger partial charge is 0.205 e. The van der Waals surface area contributed by atoms with E-state index in [0.29, 0.717) is 12.4 Å². The average Bonchev–Trinajstić information content (AvgIpc) is 3.39. The summed E-state index contributed by atoms with van der Waals surface area (Å²) in [4.78, 5) is 14.8. The van der Waals surface area contributed by atoms with Crippen molar-refractivity contribution in [1.29, 1.82) is 0 Å². The van der Waals surface area contributed by atoms with Crippen molar-refractivity contribution in [3.05, 3.63) is 64.9 Å². The van der Waals surface area contributed by atoms with E-state index in [2.05, 4.69) is 25.4 Å². The molecule has 0 saturated heterocycles. The first-order valence-electron chi connectivity index (χ1n) is 8.69. The molecule has 3 aromatic rings. The molecule has 134 valence electrons. The van der Waals surface area contributed by atoms with Gasteiger partial charge in [-0.3, -0.25) is 9.89 Å². The molecular formula is C19H16ClN7. The molecule has 0 bridgehead atoms. The van der Waals surface area contributed by atoms with Crippen LogP contribution in [0.3, 0.4) is 0 Å². The van der Waals surface area contributed by atoms with Gasteiger partial charge in [0.25, 0.3) is 0 Å². The minimum Gasteiger partial charge on any atom is -0.351 e. The van der Waals surface area contributed by atoms with Crippen molar-refractivity contribution in [2.24, 2.45) is 9.98 Å². The number of fused-ring (bicyclic) bond motifs is 3. The fourth-order valence-electron chi connectivity index (χ4n) is 3.37. The number of rotatable bonds is 3. The zero-order valence-electron chi connectivity index (χ0n) is 14.4. The van der Waals surface area contributed by atoms with Gasteiger partial charge in [0, 0.05) is 29.2 Å². The van der Waals surface area contributed by atoms with Crippen LogP contribution < -0.4 is 5.32 Å². The van der Waals surface area contributed by atoms with Gasteiger partial charge in [-0.05, 0) is 23.8 Å². The van der Waals surface area contributed by atoms with Gasteiger partial charge in [-0.25, -0.2) is 4.99 Å². The number of aromatic nitrogens is 3. The van der Waals surface area contributed by atoms with Gasteiger partial charge >= 0.3 is 0 Å². The lowest BCUT2D eigenvalue weighted by Gasteiger charge is -2.28. The highest BCUT2D eigenvalue weighted by Gasteiger charge is 2.31. The Kier molecular flexibility index (Phi) is 3.86. The molecule has 7 nitrogen and oxygen atoms in total. The molecule has 0 atom stereocenters. The largest absolute Gasteiger partial charge is 0.351 e. The molecule has 2 aliphatic rings. The number of hydrogen-bond donors (Lipinski definition) is 2. The Balaban J connectivity index is 1.55. The summed E-state index contributed by atoms with van der Waals surface area (Å²) in [6.45, 7) is 2.13. The molecule has 8 heteroatoms. The molecule has 5 rings (SSSR count). The Morgan fingerprint density at radius 2 is 2.00 bits per heavy atom. The zero-order chi connectivity index (χ0) is 18.2. The number of aromatic amines is 1. The van der Waals surface area contributed by atoms with E-state index >= 15 is 0 Å². The van der Waals surface area contributed by atoms with Crippen LogP contribution in [-0.4, -0.2) is 45.0 Å². The second kappa shape index (κ2) is 6.51. The summed E-state index contributed by atoms with van der Waals surface area (Å²) < 4.78 is 0. The topological polar surface area (TPSA) is 81.6 Å². The Morgan fingerprint density at radius 3 is 2.85 bits per heavy atom. The molecule has 1 aromatic heterocycles. The number of H-pyrrole nitrogens is 1. The highest BCUT2D eigenvalue weighted by Crippen LogP contribution is 2.36. The fraction of sp³-hybridized carbons (Fsp3) is 0.158. The molecule has 2 N–H and O–H groups in total. The normalized spacial score (nSPS) is 15.1. The minimum absolute atomic E-state index is 0.585. The van der Waals surface area contributed by atoms with Crippen molar-refractivity contribution in [3.8, 4) is 11.4 Å². The minimum atomic E-state index is 0.585. The Morgan fingerprint density at radius 1 is 1.11 bits per heavy atom. The number of aliphatic imine (C=N–C) groups is 2. The predicted molar refractivity (Wildman–Crippen MR) is 105 cm³/mol. The predicted octanol–water partition coefficient (Wildman–Crippen LogP) is 2.98. The second-order valence-electron chi connectivity index (χ2n) is 6.28. The van der Waals surface area contributed by atoms with Crippen molar-refractivity contribution < 1.29 is 0 Å². The summed E-state index contributed by atoms with van der Waals surface area (Å²) in [5.41, 5.74) is 3.77. The van der Waals surface area contributed by atoms with E-state index in [-0.39, 0.29) is 0 Å². The molecule has 0 saturated carbocycles. The first-order valence-corrected chi connectivity index (χ1v) is 9.07. The molecule has 0 spiro atoms. The number of nitrogens with one attached hydrogen (secondary N) is 2. The lowest BCUT2D eigenvalue weighted by atomic mass is 10.0. The maximum Gasteiger partial charge on any atom is 0.205 e. The zero-order valence-corrected chi connectivity index (χ0v) is 15.1.